The molecule has 0 aromatic rings. The van der Waals surface area contributed by atoms with Crippen LogP contribution in [0.15, 0.2) is 5.57 Å². The molecule has 0 heterocycles. The third-order valence-corrected chi connectivity index (χ3v) is 1.72. The van der Waals surface area contributed by atoms with Gasteiger partial charge in [-0.05, 0) is 18.8 Å². The van der Waals surface area contributed by atoms with E-state index in [9.17, 15) is 0 Å². The summed E-state index contributed by atoms with van der Waals surface area (Å²) < 4.78 is 0. The van der Waals surface area contributed by atoms with E-state index < -0.39 is 0 Å². The van der Waals surface area contributed by atoms with Crippen LogP contribution in [0.4, 0.5) is 0 Å². The molecule has 0 rings (SSSR count). The largest absolute Gasteiger partial charge is 0.0702 e. The second-order valence-electron chi connectivity index (χ2n) is 2.78. The van der Waals surface area contributed by atoms with E-state index in [0.717, 1.165) is 5.57 Å². The summed E-state index contributed by atoms with van der Waals surface area (Å²) in [4.78, 5) is 0. The molecule has 0 aliphatic carbocycles. The lowest BCUT2D eigenvalue weighted by molar-refractivity contribution is 0.480. The highest BCUT2D eigenvalue weighted by molar-refractivity contribution is 4.92. The molecule has 0 spiro atoms. The third-order valence-electron chi connectivity index (χ3n) is 1.72. The van der Waals surface area contributed by atoms with Crippen LogP contribution in [0.25, 0.3) is 0 Å². The van der Waals surface area contributed by atoms with Gasteiger partial charge in [0.15, 0.2) is 0 Å². The van der Waals surface area contributed by atoms with Crippen LogP contribution in [-0.2, 0) is 0 Å². The fourth-order valence-corrected chi connectivity index (χ4v) is 0.526. The molecule has 0 aromatic heterocycles. The second kappa shape index (κ2) is 2.91. The lowest BCUT2D eigenvalue weighted by Gasteiger charge is -2.13. The Morgan fingerprint density at radius 3 is 1.62 bits per heavy atom. The summed E-state index contributed by atoms with van der Waals surface area (Å²) in [7, 11) is 0. The Hall–Kier alpha value is -0.260. The Morgan fingerprint density at radius 1 is 1.25 bits per heavy atom. The van der Waals surface area contributed by atoms with E-state index in [1.807, 2.05) is 6.92 Å². The van der Waals surface area contributed by atoms with Crippen molar-refractivity contribution in [1.82, 2.24) is 0 Å². The van der Waals surface area contributed by atoms with E-state index in [4.69, 9.17) is 6.58 Å². The Kier molecular flexibility index (Phi) is 2.81. The Bertz CT molecular complexity index is 80.0. The highest BCUT2D eigenvalue weighted by Crippen LogP contribution is 2.16. The number of rotatable bonds is 2. The zero-order chi connectivity index (χ0) is 6.73. The van der Waals surface area contributed by atoms with Crippen molar-refractivity contribution < 1.29 is 0 Å². The summed E-state index contributed by atoms with van der Waals surface area (Å²) in [6, 6.07) is 0. The maximum Gasteiger partial charge on any atom is -0.0208 e. The summed E-state index contributed by atoms with van der Waals surface area (Å²) >= 11 is 0. The van der Waals surface area contributed by atoms with Gasteiger partial charge < -0.3 is 0 Å². The van der Waals surface area contributed by atoms with Crippen molar-refractivity contribution in [2.45, 2.75) is 27.7 Å². The Morgan fingerprint density at radius 2 is 1.62 bits per heavy atom. The minimum absolute atomic E-state index is 0.565. The normalized spacial score (nSPS) is 14.1. The molecule has 0 amide bonds. The Labute approximate surface area is 52.6 Å². The predicted molar refractivity (Wildman–Crippen MR) is 37.5 cm³/mol. The van der Waals surface area contributed by atoms with Crippen LogP contribution in [0.5, 0.6) is 0 Å². The average Bonchev–Trinajstić information content (AvgIpc) is 1.64. The first kappa shape index (κ1) is 7.74. The predicted octanol–water partition coefficient (Wildman–Crippen LogP) is 2.66. The maximum atomic E-state index is 5.55. The van der Waals surface area contributed by atoms with Gasteiger partial charge >= 0.3 is 0 Å². The van der Waals surface area contributed by atoms with Crippen molar-refractivity contribution in [3.63, 3.8) is 0 Å². The van der Waals surface area contributed by atoms with Gasteiger partial charge in [0.1, 0.15) is 0 Å². The molecule has 1 radical (unpaired) electrons. The molecule has 47 valence electrons. The van der Waals surface area contributed by atoms with E-state index in [1.165, 1.54) is 0 Å². The average molecular weight is 111 g/mol. The fraction of sp³-hybridized carbons (Fsp3) is 0.750. The van der Waals surface area contributed by atoms with Crippen LogP contribution in [0.2, 0.25) is 0 Å². The van der Waals surface area contributed by atoms with Crippen LogP contribution >= 0.6 is 0 Å². The monoisotopic (exact) mass is 111 g/mol. The van der Waals surface area contributed by atoms with Gasteiger partial charge in [0.05, 0.1) is 0 Å². The highest BCUT2D eigenvalue weighted by Gasteiger charge is 2.05. The van der Waals surface area contributed by atoms with Gasteiger partial charge in [0.2, 0.25) is 0 Å². The molecule has 0 heteroatoms. The molecular formula is C8H15. The van der Waals surface area contributed by atoms with Crippen molar-refractivity contribution in [2.75, 3.05) is 0 Å². The zero-order valence-corrected chi connectivity index (χ0v) is 6.23. The lowest BCUT2D eigenvalue weighted by atomic mass is 9.92. The van der Waals surface area contributed by atoms with Gasteiger partial charge in [0, 0.05) is 0 Å². The van der Waals surface area contributed by atoms with E-state index >= 15 is 0 Å². The molecule has 0 N–H and O–H groups in total. The molecule has 0 nitrogen and oxygen atoms in total. The molecule has 0 fully saturated rings. The van der Waals surface area contributed by atoms with Crippen LogP contribution in [0, 0.1) is 18.4 Å². The summed E-state index contributed by atoms with van der Waals surface area (Å²) in [5.74, 6) is 1.25. The van der Waals surface area contributed by atoms with Gasteiger partial charge in [-0.1, -0.05) is 32.9 Å². The molecule has 0 aliphatic heterocycles. The van der Waals surface area contributed by atoms with Crippen LogP contribution in [0.1, 0.15) is 27.7 Å². The fourth-order valence-electron chi connectivity index (χ4n) is 0.526. The number of hydrogen-bond acceptors (Lipinski definition) is 0. The smallest absolute Gasteiger partial charge is 0.0208 e. The van der Waals surface area contributed by atoms with Gasteiger partial charge in [-0.25, -0.2) is 0 Å². The van der Waals surface area contributed by atoms with Crippen molar-refractivity contribution in [2.24, 2.45) is 11.8 Å². The minimum atomic E-state index is 0.565. The zero-order valence-electron chi connectivity index (χ0n) is 6.23. The second-order valence-corrected chi connectivity index (χ2v) is 2.78. The number of allylic oxidation sites excluding steroid dienone is 1. The van der Waals surface area contributed by atoms with Crippen LogP contribution in [-0.4, -0.2) is 0 Å². The molecule has 0 saturated heterocycles. The number of hydrogen-bond donors (Lipinski definition) is 0. The summed E-state index contributed by atoms with van der Waals surface area (Å²) in [5, 5.41) is 0. The highest BCUT2D eigenvalue weighted by atomic mass is 14.1. The molecule has 0 bridgehead atoms. The van der Waals surface area contributed by atoms with E-state index in [-0.39, 0.29) is 0 Å². The maximum absolute atomic E-state index is 5.55. The van der Waals surface area contributed by atoms with Crippen molar-refractivity contribution in [3.05, 3.63) is 12.2 Å². The van der Waals surface area contributed by atoms with E-state index in [2.05, 4.69) is 20.8 Å². The quantitative estimate of drug-likeness (QED) is 0.514. The first-order chi connectivity index (χ1) is 3.55. The van der Waals surface area contributed by atoms with Crippen LogP contribution in [0.3, 0.4) is 0 Å². The first-order valence-electron chi connectivity index (χ1n) is 3.14. The molecule has 1 atom stereocenters. The summed E-state index contributed by atoms with van der Waals surface area (Å²) in [5.41, 5.74) is 1.04. The van der Waals surface area contributed by atoms with Gasteiger partial charge in [-0.2, -0.15) is 0 Å². The van der Waals surface area contributed by atoms with Gasteiger partial charge in [-0.3, -0.25) is 0 Å². The van der Waals surface area contributed by atoms with E-state index in [0.29, 0.717) is 11.8 Å². The van der Waals surface area contributed by atoms with Crippen molar-refractivity contribution in [3.8, 4) is 0 Å². The van der Waals surface area contributed by atoms with Crippen molar-refractivity contribution in [1.29, 1.82) is 0 Å². The van der Waals surface area contributed by atoms with Crippen molar-refractivity contribution >= 4 is 0 Å². The molecular weight excluding hydrogens is 96.1 g/mol. The molecule has 0 aromatic carbocycles. The topological polar surface area (TPSA) is 0 Å². The summed E-state index contributed by atoms with van der Waals surface area (Å²) in [6.45, 7) is 14.0. The molecule has 0 aliphatic rings. The first-order valence-corrected chi connectivity index (χ1v) is 3.14. The van der Waals surface area contributed by atoms with Gasteiger partial charge in [-0.15, -0.1) is 0 Å². The lowest BCUT2D eigenvalue weighted by Crippen LogP contribution is -2.03. The molecule has 0 saturated carbocycles. The standard InChI is InChI=1S/C8H15/c1-6(2)8(5)7(3)4/h1,7-8H,2-5H3. The summed E-state index contributed by atoms with van der Waals surface area (Å²) in [6.07, 6.45) is 0. The van der Waals surface area contributed by atoms with Crippen LogP contribution < -0.4 is 0 Å². The Balaban J connectivity index is 3.64. The minimum Gasteiger partial charge on any atom is -0.0702 e. The van der Waals surface area contributed by atoms with Gasteiger partial charge in [0.25, 0.3) is 0 Å². The third kappa shape index (κ3) is 2.15. The molecule has 8 heavy (non-hydrogen) atoms. The SMILES string of the molecule is [CH]=C(C)C(C)C(C)C. The molecule has 1 unspecified atom stereocenters. The van der Waals surface area contributed by atoms with E-state index in [1.54, 1.807) is 0 Å².